The van der Waals surface area contributed by atoms with Crippen LogP contribution in [0.3, 0.4) is 0 Å². The van der Waals surface area contributed by atoms with Gasteiger partial charge in [-0.05, 0) is 48.3 Å². The summed E-state index contributed by atoms with van der Waals surface area (Å²) < 4.78 is 0. The van der Waals surface area contributed by atoms with Crippen LogP contribution < -0.4 is 5.32 Å². The molecule has 2 rings (SSSR count). The fourth-order valence-corrected chi connectivity index (χ4v) is 3.00. The quantitative estimate of drug-likeness (QED) is 0.848. The SMILES string of the molecule is CCN(Cc1ccsc1)CC1CCCCN1. The molecule has 3 heteroatoms. The molecule has 1 aromatic heterocycles. The summed E-state index contributed by atoms with van der Waals surface area (Å²) in [4.78, 5) is 2.55. The second-order valence-electron chi connectivity index (χ2n) is 4.61. The van der Waals surface area contributed by atoms with Crippen LogP contribution in [-0.2, 0) is 6.54 Å². The van der Waals surface area contributed by atoms with Crippen molar-refractivity contribution in [2.75, 3.05) is 19.6 Å². The van der Waals surface area contributed by atoms with Crippen molar-refractivity contribution in [3.8, 4) is 0 Å². The van der Waals surface area contributed by atoms with E-state index in [4.69, 9.17) is 0 Å². The van der Waals surface area contributed by atoms with Crippen LogP contribution in [0.15, 0.2) is 16.8 Å². The lowest BCUT2D eigenvalue weighted by atomic mass is 10.0. The van der Waals surface area contributed by atoms with Gasteiger partial charge in [0.25, 0.3) is 0 Å². The minimum Gasteiger partial charge on any atom is -0.313 e. The van der Waals surface area contributed by atoms with Crippen LogP contribution in [0.25, 0.3) is 0 Å². The maximum Gasteiger partial charge on any atom is 0.0242 e. The molecule has 0 bridgehead atoms. The van der Waals surface area contributed by atoms with E-state index in [0.29, 0.717) is 6.04 Å². The molecule has 1 aromatic rings. The van der Waals surface area contributed by atoms with Crippen LogP contribution in [0, 0.1) is 0 Å². The summed E-state index contributed by atoms with van der Waals surface area (Å²) in [6.45, 7) is 6.93. The summed E-state index contributed by atoms with van der Waals surface area (Å²) in [7, 11) is 0. The monoisotopic (exact) mass is 238 g/mol. The first-order valence-electron chi connectivity index (χ1n) is 6.35. The van der Waals surface area contributed by atoms with E-state index < -0.39 is 0 Å². The smallest absolute Gasteiger partial charge is 0.0242 e. The van der Waals surface area contributed by atoms with Crippen molar-refractivity contribution >= 4 is 11.3 Å². The summed E-state index contributed by atoms with van der Waals surface area (Å²) in [5.41, 5.74) is 1.46. The Bertz CT molecular complexity index is 278. The summed E-state index contributed by atoms with van der Waals surface area (Å²) in [5, 5.41) is 8.05. The van der Waals surface area contributed by atoms with Crippen LogP contribution in [0.4, 0.5) is 0 Å². The molecule has 1 aliphatic rings. The Balaban J connectivity index is 1.80. The van der Waals surface area contributed by atoms with Crippen LogP contribution in [0.5, 0.6) is 0 Å². The van der Waals surface area contributed by atoms with Gasteiger partial charge in [0.15, 0.2) is 0 Å². The van der Waals surface area contributed by atoms with E-state index in [1.807, 2.05) is 0 Å². The Kier molecular flexibility index (Phi) is 4.82. The van der Waals surface area contributed by atoms with E-state index in [1.165, 1.54) is 37.9 Å². The molecule has 0 aliphatic carbocycles. The third-order valence-electron chi connectivity index (χ3n) is 3.32. The molecule has 2 heterocycles. The van der Waals surface area contributed by atoms with Crippen molar-refractivity contribution in [1.29, 1.82) is 0 Å². The van der Waals surface area contributed by atoms with Gasteiger partial charge < -0.3 is 5.32 Å². The normalized spacial score (nSPS) is 21.5. The lowest BCUT2D eigenvalue weighted by Crippen LogP contribution is -2.43. The summed E-state index contributed by atoms with van der Waals surface area (Å²) >= 11 is 1.80. The fourth-order valence-electron chi connectivity index (χ4n) is 2.34. The molecule has 1 fully saturated rings. The molecule has 1 aliphatic heterocycles. The molecular formula is C13H22N2S. The standard InChI is InChI=1S/C13H22N2S/c1-2-15(9-12-6-8-16-11-12)10-13-5-3-4-7-14-13/h6,8,11,13-14H,2-5,7,9-10H2,1H3. The van der Waals surface area contributed by atoms with Crippen LogP contribution in [0.2, 0.25) is 0 Å². The Morgan fingerprint density at radius 3 is 3.06 bits per heavy atom. The predicted molar refractivity (Wildman–Crippen MR) is 70.9 cm³/mol. The molecule has 1 saturated heterocycles. The third kappa shape index (κ3) is 3.58. The van der Waals surface area contributed by atoms with Gasteiger partial charge in [-0.2, -0.15) is 11.3 Å². The molecule has 1 unspecified atom stereocenters. The zero-order valence-electron chi connectivity index (χ0n) is 10.1. The van der Waals surface area contributed by atoms with Gasteiger partial charge in [0, 0.05) is 19.1 Å². The molecular weight excluding hydrogens is 216 g/mol. The lowest BCUT2D eigenvalue weighted by molar-refractivity contribution is 0.226. The summed E-state index contributed by atoms with van der Waals surface area (Å²) in [5.74, 6) is 0. The van der Waals surface area contributed by atoms with Gasteiger partial charge in [0.2, 0.25) is 0 Å². The van der Waals surface area contributed by atoms with Crippen molar-refractivity contribution in [2.24, 2.45) is 0 Å². The van der Waals surface area contributed by atoms with Crippen molar-refractivity contribution in [1.82, 2.24) is 10.2 Å². The Labute approximate surface area is 103 Å². The highest BCUT2D eigenvalue weighted by Crippen LogP contribution is 2.12. The van der Waals surface area contributed by atoms with Crippen molar-refractivity contribution < 1.29 is 0 Å². The van der Waals surface area contributed by atoms with Crippen molar-refractivity contribution in [2.45, 2.75) is 38.8 Å². The zero-order chi connectivity index (χ0) is 11.2. The Hall–Kier alpha value is -0.380. The highest BCUT2D eigenvalue weighted by molar-refractivity contribution is 7.07. The van der Waals surface area contributed by atoms with Gasteiger partial charge in [-0.25, -0.2) is 0 Å². The summed E-state index contributed by atoms with van der Waals surface area (Å²) in [6.07, 6.45) is 4.10. The van der Waals surface area contributed by atoms with E-state index in [2.05, 4.69) is 34.0 Å². The Morgan fingerprint density at radius 2 is 2.44 bits per heavy atom. The lowest BCUT2D eigenvalue weighted by Gasteiger charge is -2.29. The number of nitrogens with zero attached hydrogens (tertiary/aromatic N) is 1. The molecule has 1 N–H and O–H groups in total. The predicted octanol–water partition coefficient (Wildman–Crippen LogP) is 2.71. The van der Waals surface area contributed by atoms with E-state index in [1.54, 1.807) is 11.3 Å². The number of rotatable bonds is 5. The molecule has 0 saturated carbocycles. The Morgan fingerprint density at radius 1 is 1.50 bits per heavy atom. The first kappa shape index (κ1) is 12.1. The molecule has 1 atom stereocenters. The fraction of sp³-hybridized carbons (Fsp3) is 0.692. The number of nitrogens with one attached hydrogen (secondary N) is 1. The largest absolute Gasteiger partial charge is 0.313 e. The van der Waals surface area contributed by atoms with E-state index in [0.717, 1.165) is 13.1 Å². The minimum absolute atomic E-state index is 0.715. The molecule has 0 radical (unpaired) electrons. The number of piperidine rings is 1. The maximum absolute atomic E-state index is 3.62. The highest BCUT2D eigenvalue weighted by atomic mass is 32.1. The third-order valence-corrected chi connectivity index (χ3v) is 4.06. The number of hydrogen-bond donors (Lipinski definition) is 1. The molecule has 2 nitrogen and oxygen atoms in total. The van der Waals surface area contributed by atoms with Gasteiger partial charge >= 0.3 is 0 Å². The average molecular weight is 238 g/mol. The molecule has 0 aromatic carbocycles. The second-order valence-corrected chi connectivity index (χ2v) is 5.39. The maximum atomic E-state index is 3.62. The number of thiophene rings is 1. The van der Waals surface area contributed by atoms with Gasteiger partial charge in [-0.15, -0.1) is 0 Å². The van der Waals surface area contributed by atoms with E-state index in [9.17, 15) is 0 Å². The van der Waals surface area contributed by atoms with Crippen LogP contribution in [-0.4, -0.2) is 30.6 Å². The molecule has 90 valence electrons. The molecule has 0 amide bonds. The number of hydrogen-bond acceptors (Lipinski definition) is 3. The first-order chi connectivity index (χ1) is 7.88. The average Bonchev–Trinajstić information content (AvgIpc) is 2.82. The first-order valence-corrected chi connectivity index (χ1v) is 7.29. The summed E-state index contributed by atoms with van der Waals surface area (Å²) in [6, 6.07) is 2.95. The number of likely N-dealkylation sites (N-methyl/N-ethyl adjacent to an activating group) is 1. The second kappa shape index (κ2) is 6.38. The van der Waals surface area contributed by atoms with Gasteiger partial charge in [0.1, 0.15) is 0 Å². The van der Waals surface area contributed by atoms with Gasteiger partial charge in [-0.1, -0.05) is 13.3 Å². The topological polar surface area (TPSA) is 15.3 Å². The zero-order valence-corrected chi connectivity index (χ0v) is 10.9. The molecule has 0 spiro atoms. The van der Waals surface area contributed by atoms with Gasteiger partial charge in [0.05, 0.1) is 0 Å². The minimum atomic E-state index is 0.715. The van der Waals surface area contributed by atoms with Crippen LogP contribution >= 0.6 is 11.3 Å². The van der Waals surface area contributed by atoms with Gasteiger partial charge in [-0.3, -0.25) is 4.90 Å². The highest BCUT2D eigenvalue weighted by Gasteiger charge is 2.15. The van der Waals surface area contributed by atoms with Crippen molar-refractivity contribution in [3.63, 3.8) is 0 Å². The van der Waals surface area contributed by atoms with E-state index in [-0.39, 0.29) is 0 Å². The van der Waals surface area contributed by atoms with E-state index >= 15 is 0 Å². The van der Waals surface area contributed by atoms with Crippen molar-refractivity contribution in [3.05, 3.63) is 22.4 Å². The molecule has 16 heavy (non-hydrogen) atoms. The van der Waals surface area contributed by atoms with Crippen LogP contribution in [0.1, 0.15) is 31.7 Å².